The van der Waals surface area contributed by atoms with E-state index in [-0.39, 0.29) is 5.60 Å². The number of morpholine rings is 1. The van der Waals surface area contributed by atoms with E-state index in [9.17, 15) is 0 Å². The van der Waals surface area contributed by atoms with E-state index in [0.717, 1.165) is 13.2 Å². The van der Waals surface area contributed by atoms with Gasteiger partial charge in [0.1, 0.15) is 0 Å². The lowest BCUT2D eigenvalue weighted by Gasteiger charge is -2.43. The van der Waals surface area contributed by atoms with E-state index < -0.39 is 0 Å². The smallest absolute Gasteiger partial charge is 0.0882 e. The molecule has 2 fully saturated rings. The van der Waals surface area contributed by atoms with Gasteiger partial charge in [0.05, 0.1) is 18.2 Å². The van der Waals surface area contributed by atoms with E-state index >= 15 is 0 Å². The Kier molecular flexibility index (Phi) is 3.04. The summed E-state index contributed by atoms with van der Waals surface area (Å²) in [4.78, 5) is 1.39. The molecule has 2 aliphatic rings. The molecule has 0 amide bonds. The van der Waals surface area contributed by atoms with Gasteiger partial charge in [-0.2, -0.15) is 0 Å². The second-order valence-electron chi connectivity index (χ2n) is 6.63. The number of hydrogen-bond acceptors (Lipinski definition) is 3. The third-order valence-electron chi connectivity index (χ3n) is 4.45. The quantitative estimate of drug-likeness (QED) is 0.836. The molecule has 100 valence electrons. The second kappa shape index (κ2) is 4.32. The van der Waals surface area contributed by atoms with Crippen LogP contribution in [0.1, 0.15) is 49.6 Å². The Balaban J connectivity index is 1.91. The van der Waals surface area contributed by atoms with Gasteiger partial charge in [-0.3, -0.25) is 0 Å². The average Bonchev–Trinajstić information content (AvgIpc) is 2.85. The van der Waals surface area contributed by atoms with Gasteiger partial charge in [0, 0.05) is 11.4 Å². The molecule has 3 heteroatoms. The molecule has 3 rings (SSSR count). The number of hydrogen-bond donors (Lipinski definition) is 1. The minimum Gasteiger partial charge on any atom is -0.372 e. The van der Waals surface area contributed by atoms with Gasteiger partial charge >= 0.3 is 0 Å². The van der Waals surface area contributed by atoms with E-state index in [4.69, 9.17) is 4.74 Å². The van der Waals surface area contributed by atoms with Gasteiger partial charge in [-0.05, 0) is 48.6 Å². The van der Waals surface area contributed by atoms with Crippen molar-refractivity contribution >= 4 is 11.3 Å². The predicted octanol–water partition coefficient (Wildman–Crippen LogP) is 3.67. The molecule has 2 atom stereocenters. The molecule has 2 unspecified atom stereocenters. The van der Waals surface area contributed by atoms with Gasteiger partial charge in [0.2, 0.25) is 0 Å². The van der Waals surface area contributed by atoms with Gasteiger partial charge in [0.25, 0.3) is 0 Å². The lowest BCUT2D eigenvalue weighted by molar-refractivity contribution is -0.0986. The van der Waals surface area contributed by atoms with E-state index in [1.54, 1.807) is 0 Å². The van der Waals surface area contributed by atoms with Crippen LogP contribution in [0.3, 0.4) is 0 Å². The van der Waals surface area contributed by atoms with Gasteiger partial charge in [0.15, 0.2) is 0 Å². The summed E-state index contributed by atoms with van der Waals surface area (Å²) in [6.07, 6.45) is 3.63. The van der Waals surface area contributed by atoms with Crippen LogP contribution >= 0.6 is 11.3 Å². The standard InChI is InChI=1S/C15H23NOS/c1-11-8-12(9-18-11)13-15(17-7-6-16-13)5-4-14(2,3)10-15/h8-9,13,16H,4-7,10H2,1-3H3. The van der Waals surface area contributed by atoms with Crippen molar-refractivity contribution in [2.24, 2.45) is 5.41 Å². The highest BCUT2D eigenvalue weighted by molar-refractivity contribution is 7.10. The summed E-state index contributed by atoms with van der Waals surface area (Å²) in [6.45, 7) is 8.76. The van der Waals surface area contributed by atoms with E-state index in [1.165, 1.54) is 29.7 Å². The average molecular weight is 265 g/mol. The highest BCUT2D eigenvalue weighted by Crippen LogP contribution is 2.52. The zero-order valence-corrected chi connectivity index (χ0v) is 12.4. The Bertz CT molecular complexity index is 439. The molecule has 1 saturated heterocycles. The van der Waals surface area contributed by atoms with Crippen molar-refractivity contribution in [1.82, 2.24) is 5.32 Å². The van der Waals surface area contributed by atoms with Crippen molar-refractivity contribution in [3.8, 4) is 0 Å². The normalized spacial score (nSPS) is 35.2. The first-order chi connectivity index (χ1) is 8.51. The topological polar surface area (TPSA) is 21.3 Å². The van der Waals surface area contributed by atoms with Crippen LogP contribution in [0.2, 0.25) is 0 Å². The summed E-state index contributed by atoms with van der Waals surface area (Å²) in [5.74, 6) is 0. The van der Waals surface area contributed by atoms with Crippen LogP contribution in [-0.2, 0) is 4.74 Å². The fourth-order valence-electron chi connectivity index (χ4n) is 3.67. The SMILES string of the molecule is Cc1cc(C2NCCOC23CCC(C)(C)C3)cs1. The first-order valence-electron chi connectivity index (χ1n) is 6.93. The molecule has 1 aromatic heterocycles. The number of nitrogens with one attached hydrogen (secondary N) is 1. The van der Waals surface area contributed by atoms with Gasteiger partial charge in [-0.15, -0.1) is 11.3 Å². The molecule has 1 N–H and O–H groups in total. The molecule has 18 heavy (non-hydrogen) atoms. The Morgan fingerprint density at radius 3 is 2.83 bits per heavy atom. The number of rotatable bonds is 1. The van der Waals surface area contributed by atoms with Crippen LogP contribution in [0.4, 0.5) is 0 Å². The van der Waals surface area contributed by atoms with Gasteiger partial charge in [-0.25, -0.2) is 0 Å². The Morgan fingerprint density at radius 1 is 1.39 bits per heavy atom. The van der Waals surface area contributed by atoms with Gasteiger partial charge in [-0.1, -0.05) is 13.8 Å². The molecule has 0 aromatic carbocycles. The number of aryl methyl sites for hydroxylation is 1. The maximum absolute atomic E-state index is 6.28. The van der Waals surface area contributed by atoms with Crippen LogP contribution in [0.15, 0.2) is 11.4 Å². The summed E-state index contributed by atoms with van der Waals surface area (Å²) in [6, 6.07) is 2.71. The van der Waals surface area contributed by atoms with Crippen LogP contribution in [0.25, 0.3) is 0 Å². The maximum atomic E-state index is 6.28. The lowest BCUT2D eigenvalue weighted by atomic mass is 9.82. The van der Waals surface area contributed by atoms with Gasteiger partial charge < -0.3 is 10.1 Å². The highest BCUT2D eigenvalue weighted by atomic mass is 32.1. The number of thiophene rings is 1. The minimum atomic E-state index is 0.0370. The minimum absolute atomic E-state index is 0.0370. The van der Waals surface area contributed by atoms with Crippen LogP contribution in [-0.4, -0.2) is 18.8 Å². The monoisotopic (exact) mass is 265 g/mol. The molecule has 2 nitrogen and oxygen atoms in total. The first kappa shape index (κ1) is 12.6. The molecule has 1 spiro atoms. The highest BCUT2D eigenvalue weighted by Gasteiger charge is 2.51. The third kappa shape index (κ3) is 2.13. The maximum Gasteiger partial charge on any atom is 0.0882 e. The summed E-state index contributed by atoms with van der Waals surface area (Å²) in [7, 11) is 0. The van der Waals surface area contributed by atoms with Crippen LogP contribution in [0.5, 0.6) is 0 Å². The predicted molar refractivity (Wildman–Crippen MR) is 76.1 cm³/mol. The Hall–Kier alpha value is -0.380. The first-order valence-corrected chi connectivity index (χ1v) is 7.81. The molecule has 1 saturated carbocycles. The second-order valence-corrected chi connectivity index (χ2v) is 7.75. The summed E-state index contributed by atoms with van der Waals surface area (Å²) >= 11 is 1.84. The van der Waals surface area contributed by atoms with Crippen LogP contribution in [0, 0.1) is 12.3 Å². The van der Waals surface area contributed by atoms with Crippen molar-refractivity contribution in [2.45, 2.75) is 51.7 Å². The third-order valence-corrected chi connectivity index (χ3v) is 5.33. The summed E-state index contributed by atoms with van der Waals surface area (Å²) in [5, 5.41) is 6.00. The lowest BCUT2D eigenvalue weighted by Crippen LogP contribution is -2.51. The zero-order chi connectivity index (χ0) is 12.8. The molecule has 1 aliphatic heterocycles. The largest absolute Gasteiger partial charge is 0.372 e. The Morgan fingerprint density at radius 2 is 2.22 bits per heavy atom. The van der Waals surface area contributed by atoms with E-state index in [2.05, 4.69) is 37.5 Å². The van der Waals surface area contributed by atoms with Crippen molar-refractivity contribution in [1.29, 1.82) is 0 Å². The summed E-state index contributed by atoms with van der Waals surface area (Å²) in [5.41, 5.74) is 1.88. The zero-order valence-electron chi connectivity index (χ0n) is 11.6. The van der Waals surface area contributed by atoms with Crippen molar-refractivity contribution in [2.75, 3.05) is 13.2 Å². The van der Waals surface area contributed by atoms with Crippen molar-refractivity contribution in [3.05, 3.63) is 21.9 Å². The van der Waals surface area contributed by atoms with Crippen LogP contribution < -0.4 is 5.32 Å². The van der Waals surface area contributed by atoms with Crippen molar-refractivity contribution < 1.29 is 4.74 Å². The van der Waals surface area contributed by atoms with Crippen molar-refractivity contribution in [3.63, 3.8) is 0 Å². The summed E-state index contributed by atoms with van der Waals surface area (Å²) < 4.78 is 6.28. The Labute approximate surface area is 114 Å². The molecule has 2 heterocycles. The molecule has 0 bridgehead atoms. The molecular weight excluding hydrogens is 242 g/mol. The molecule has 1 aliphatic carbocycles. The number of ether oxygens (including phenoxy) is 1. The fourth-order valence-corrected chi connectivity index (χ4v) is 4.40. The molecule has 1 aromatic rings. The van der Waals surface area contributed by atoms with E-state index in [0.29, 0.717) is 11.5 Å². The van der Waals surface area contributed by atoms with E-state index in [1.807, 2.05) is 11.3 Å². The molecule has 0 radical (unpaired) electrons. The molecular formula is C15H23NOS. The fraction of sp³-hybridized carbons (Fsp3) is 0.733.